The number of thioether (sulfide) groups is 1. The molecule has 0 aliphatic carbocycles. The lowest BCUT2D eigenvalue weighted by atomic mass is 10.1. The van der Waals surface area contributed by atoms with Crippen LogP contribution in [0, 0.1) is 0 Å². The number of benzene rings is 3. The number of carbonyl (C=O) groups excluding carboxylic acids is 1. The van der Waals surface area contributed by atoms with E-state index in [1.54, 1.807) is 11.8 Å². The van der Waals surface area contributed by atoms with Crippen LogP contribution >= 0.6 is 23.4 Å². The summed E-state index contributed by atoms with van der Waals surface area (Å²) in [7, 11) is 0. The van der Waals surface area contributed by atoms with Crippen molar-refractivity contribution in [2.24, 2.45) is 0 Å². The van der Waals surface area contributed by atoms with Crippen LogP contribution in [0.2, 0.25) is 5.02 Å². The topological polar surface area (TPSA) is 38.3 Å². The van der Waals surface area contributed by atoms with E-state index in [0.717, 1.165) is 32.9 Å². The quantitative estimate of drug-likeness (QED) is 0.457. The first kappa shape index (κ1) is 20.6. The van der Waals surface area contributed by atoms with Gasteiger partial charge >= 0.3 is 0 Å². The minimum absolute atomic E-state index is 0.0750. The Bertz CT molecular complexity index is 931. The number of fused-ring (bicyclic) bond motifs is 1. The lowest BCUT2D eigenvalue weighted by Gasteiger charge is -2.17. The lowest BCUT2D eigenvalue weighted by Crippen LogP contribution is -2.39. The molecule has 3 aromatic carbocycles. The summed E-state index contributed by atoms with van der Waals surface area (Å²) < 4.78 is 5.94. The zero-order chi connectivity index (χ0) is 19.8. The standard InChI is InChI=1S/C23H24ClNO2S/c1-2-22(27-20-12-11-17-7-3-4-8-18(17)15-20)23(26)25-13-14-28-16-19-9-5-6-10-21(19)24/h3-12,15,22H,2,13-14,16H2,1H3,(H,25,26)/t22-/m0/s1. The first-order chi connectivity index (χ1) is 13.7. The van der Waals surface area contributed by atoms with E-state index in [1.165, 1.54) is 0 Å². The normalized spacial score (nSPS) is 11.9. The van der Waals surface area contributed by atoms with Gasteiger partial charge in [-0.3, -0.25) is 4.79 Å². The fraction of sp³-hybridized carbons (Fsp3) is 0.261. The third-order valence-corrected chi connectivity index (χ3v) is 5.80. The third-order valence-electron chi connectivity index (χ3n) is 4.42. The molecule has 3 rings (SSSR count). The maximum absolute atomic E-state index is 12.5. The minimum atomic E-state index is -0.491. The van der Waals surface area contributed by atoms with Crippen LogP contribution in [0.15, 0.2) is 66.7 Å². The van der Waals surface area contributed by atoms with Crippen LogP contribution in [0.4, 0.5) is 0 Å². The van der Waals surface area contributed by atoms with Crippen molar-refractivity contribution in [1.29, 1.82) is 0 Å². The number of hydrogen-bond acceptors (Lipinski definition) is 3. The molecule has 0 radical (unpaired) electrons. The van der Waals surface area contributed by atoms with Crippen LogP contribution < -0.4 is 10.1 Å². The van der Waals surface area contributed by atoms with Gasteiger partial charge in [0.05, 0.1) is 0 Å². The van der Waals surface area contributed by atoms with E-state index in [2.05, 4.69) is 11.4 Å². The van der Waals surface area contributed by atoms with Gasteiger partial charge in [-0.15, -0.1) is 0 Å². The predicted octanol–water partition coefficient (Wildman–Crippen LogP) is 5.70. The molecule has 0 aromatic heterocycles. The van der Waals surface area contributed by atoms with Crippen molar-refractivity contribution in [3.8, 4) is 5.75 Å². The van der Waals surface area contributed by atoms with Crippen LogP contribution in [0.1, 0.15) is 18.9 Å². The van der Waals surface area contributed by atoms with Crippen molar-refractivity contribution in [3.63, 3.8) is 0 Å². The van der Waals surface area contributed by atoms with Crippen LogP contribution in [0.3, 0.4) is 0 Å². The Morgan fingerprint density at radius 2 is 1.82 bits per heavy atom. The highest BCUT2D eigenvalue weighted by atomic mass is 35.5. The van der Waals surface area contributed by atoms with E-state index < -0.39 is 6.10 Å². The third kappa shape index (κ3) is 5.66. The van der Waals surface area contributed by atoms with E-state index in [1.807, 2.05) is 67.6 Å². The van der Waals surface area contributed by atoms with Crippen molar-refractivity contribution in [2.45, 2.75) is 25.2 Å². The van der Waals surface area contributed by atoms with Crippen LogP contribution in [0.25, 0.3) is 10.8 Å². The fourth-order valence-electron chi connectivity index (χ4n) is 2.89. The summed E-state index contributed by atoms with van der Waals surface area (Å²) in [6.45, 7) is 2.56. The first-order valence-corrected chi connectivity index (χ1v) is 10.9. The highest BCUT2D eigenvalue weighted by molar-refractivity contribution is 7.98. The van der Waals surface area contributed by atoms with E-state index in [4.69, 9.17) is 16.3 Å². The zero-order valence-electron chi connectivity index (χ0n) is 15.9. The largest absolute Gasteiger partial charge is 0.481 e. The fourth-order valence-corrected chi connectivity index (χ4v) is 4.03. The van der Waals surface area contributed by atoms with Crippen molar-refractivity contribution in [3.05, 3.63) is 77.3 Å². The second-order valence-corrected chi connectivity index (χ2v) is 7.97. The molecule has 0 unspecified atom stereocenters. The summed E-state index contributed by atoms with van der Waals surface area (Å²) in [5.41, 5.74) is 1.12. The number of halogens is 1. The van der Waals surface area contributed by atoms with Gasteiger partial charge in [-0.25, -0.2) is 0 Å². The van der Waals surface area contributed by atoms with E-state index in [0.29, 0.717) is 18.7 Å². The molecule has 0 heterocycles. The van der Waals surface area contributed by atoms with Crippen LogP contribution in [0.5, 0.6) is 5.75 Å². The average Bonchev–Trinajstić information content (AvgIpc) is 2.72. The van der Waals surface area contributed by atoms with Gasteiger partial charge < -0.3 is 10.1 Å². The second kappa shape index (κ2) is 10.4. The van der Waals surface area contributed by atoms with E-state index >= 15 is 0 Å². The number of ether oxygens (including phenoxy) is 1. The molecular formula is C23H24ClNO2S. The van der Waals surface area contributed by atoms with Gasteiger partial charge in [0.25, 0.3) is 5.91 Å². The van der Waals surface area contributed by atoms with Gasteiger partial charge in [0.1, 0.15) is 5.75 Å². The number of nitrogens with one attached hydrogen (secondary N) is 1. The van der Waals surface area contributed by atoms with Gasteiger partial charge in [-0.1, -0.05) is 67.1 Å². The number of hydrogen-bond donors (Lipinski definition) is 1. The molecule has 1 amide bonds. The van der Waals surface area contributed by atoms with Gasteiger partial charge in [0.2, 0.25) is 0 Å². The van der Waals surface area contributed by atoms with Gasteiger partial charge in [0.15, 0.2) is 6.10 Å². The van der Waals surface area contributed by atoms with E-state index in [-0.39, 0.29) is 5.91 Å². The zero-order valence-corrected chi connectivity index (χ0v) is 17.4. The molecular weight excluding hydrogens is 390 g/mol. The second-order valence-electron chi connectivity index (χ2n) is 6.46. The molecule has 1 atom stereocenters. The molecule has 0 fully saturated rings. The van der Waals surface area contributed by atoms with Crippen LogP contribution in [-0.4, -0.2) is 24.3 Å². The van der Waals surface area contributed by atoms with Crippen molar-refractivity contribution in [1.82, 2.24) is 5.32 Å². The van der Waals surface area contributed by atoms with Crippen molar-refractivity contribution in [2.75, 3.05) is 12.3 Å². The Hall–Kier alpha value is -2.17. The highest BCUT2D eigenvalue weighted by Crippen LogP contribution is 2.22. The Morgan fingerprint density at radius 1 is 1.07 bits per heavy atom. The number of amides is 1. The summed E-state index contributed by atoms with van der Waals surface area (Å²) in [6, 6.07) is 21.8. The van der Waals surface area contributed by atoms with Gasteiger partial charge in [-0.2, -0.15) is 11.8 Å². The molecule has 5 heteroatoms. The summed E-state index contributed by atoms with van der Waals surface area (Å²) in [4.78, 5) is 12.5. The molecule has 0 aliphatic rings. The Labute approximate surface area is 175 Å². The Morgan fingerprint density at radius 3 is 2.61 bits per heavy atom. The summed E-state index contributed by atoms with van der Waals surface area (Å²) >= 11 is 7.91. The summed E-state index contributed by atoms with van der Waals surface area (Å²) in [5.74, 6) is 2.30. The lowest BCUT2D eigenvalue weighted by molar-refractivity contribution is -0.127. The summed E-state index contributed by atoms with van der Waals surface area (Å²) in [5, 5.41) is 6.02. The smallest absolute Gasteiger partial charge is 0.261 e. The predicted molar refractivity (Wildman–Crippen MR) is 119 cm³/mol. The maximum Gasteiger partial charge on any atom is 0.261 e. The van der Waals surface area contributed by atoms with Crippen molar-refractivity contribution < 1.29 is 9.53 Å². The molecule has 0 saturated carbocycles. The first-order valence-electron chi connectivity index (χ1n) is 9.41. The molecule has 1 N–H and O–H groups in total. The number of rotatable bonds is 9. The molecule has 146 valence electrons. The Kier molecular flexibility index (Phi) is 7.63. The molecule has 0 bridgehead atoms. The minimum Gasteiger partial charge on any atom is -0.481 e. The maximum atomic E-state index is 12.5. The highest BCUT2D eigenvalue weighted by Gasteiger charge is 2.18. The molecule has 28 heavy (non-hydrogen) atoms. The number of carbonyl (C=O) groups is 1. The summed E-state index contributed by atoms with van der Waals surface area (Å²) in [6.07, 6.45) is 0.126. The van der Waals surface area contributed by atoms with E-state index in [9.17, 15) is 4.79 Å². The molecule has 3 aromatic rings. The van der Waals surface area contributed by atoms with Gasteiger partial charge in [-0.05, 0) is 41.0 Å². The molecule has 0 saturated heterocycles. The molecule has 0 aliphatic heterocycles. The van der Waals surface area contributed by atoms with Gasteiger partial charge in [0, 0.05) is 23.1 Å². The monoisotopic (exact) mass is 413 g/mol. The van der Waals surface area contributed by atoms with Crippen LogP contribution in [-0.2, 0) is 10.5 Å². The SMILES string of the molecule is CC[C@H](Oc1ccc2ccccc2c1)C(=O)NCCSCc1ccccc1Cl. The molecule has 0 spiro atoms. The average molecular weight is 414 g/mol. The van der Waals surface area contributed by atoms with Crippen molar-refractivity contribution >= 4 is 40.0 Å². The molecule has 3 nitrogen and oxygen atoms in total. The Balaban J connectivity index is 1.45.